The van der Waals surface area contributed by atoms with Crippen LogP contribution in [0.4, 0.5) is 5.69 Å². The Balaban J connectivity index is 1.30. The van der Waals surface area contributed by atoms with Crippen molar-refractivity contribution in [2.75, 3.05) is 18.3 Å². The van der Waals surface area contributed by atoms with Gasteiger partial charge in [-0.2, -0.15) is 0 Å². The van der Waals surface area contributed by atoms with Crippen molar-refractivity contribution in [1.82, 2.24) is 19.4 Å². The van der Waals surface area contributed by atoms with Crippen LogP contribution in [-0.4, -0.2) is 43.6 Å². The number of carbonyl (C=O) groups excluding carboxylic acids is 1. The number of benzene rings is 1. The van der Waals surface area contributed by atoms with Crippen molar-refractivity contribution in [3.8, 4) is 0 Å². The normalized spacial score (nSPS) is 19.6. The molecule has 10 nitrogen and oxygen atoms in total. The third kappa shape index (κ3) is 3.57. The Morgan fingerprint density at radius 3 is 2.81 bits per heavy atom. The van der Waals surface area contributed by atoms with Crippen molar-refractivity contribution < 1.29 is 10.0 Å². The molecule has 2 aromatic heterocycles. The molecule has 2 aliphatic heterocycles. The SMILES string of the molecule is O=C(CCc1nc2ccccc2c(=O)[nH]1)N1CC2CC(C1)c1ccc(N([O-])O)c(=O)n1C2. The molecule has 3 aromatic rings. The summed E-state index contributed by atoms with van der Waals surface area (Å²) in [6.07, 6.45) is 1.42. The topological polar surface area (TPSA) is 135 Å². The molecule has 2 unspecified atom stereocenters. The van der Waals surface area contributed by atoms with Gasteiger partial charge in [0.15, 0.2) is 0 Å². The monoisotopic (exact) mass is 436 g/mol. The van der Waals surface area contributed by atoms with Gasteiger partial charge in [-0.25, -0.2) is 4.98 Å². The average molecular weight is 436 g/mol. The molecular formula is C22H22N5O5-. The lowest BCUT2D eigenvalue weighted by molar-refractivity contribution is -0.133. The Labute approximate surface area is 182 Å². The fourth-order valence-corrected chi connectivity index (χ4v) is 4.92. The van der Waals surface area contributed by atoms with Crippen molar-refractivity contribution in [3.05, 3.63) is 73.8 Å². The molecule has 2 N–H and O–H groups in total. The van der Waals surface area contributed by atoms with Crippen molar-refractivity contribution >= 4 is 22.5 Å². The first kappa shape index (κ1) is 20.4. The molecule has 2 atom stereocenters. The van der Waals surface area contributed by atoms with E-state index in [4.69, 9.17) is 5.21 Å². The number of fused-ring (bicyclic) bond motifs is 5. The first-order chi connectivity index (χ1) is 15.4. The minimum absolute atomic E-state index is 0.00871. The van der Waals surface area contributed by atoms with Gasteiger partial charge in [0.2, 0.25) is 5.91 Å². The molecule has 2 aliphatic rings. The van der Waals surface area contributed by atoms with Crippen LogP contribution in [0.3, 0.4) is 0 Å². The number of likely N-dealkylation sites (tertiary alicyclic amines) is 1. The van der Waals surface area contributed by atoms with Crippen molar-refractivity contribution in [2.24, 2.45) is 5.92 Å². The number of H-pyrrole nitrogens is 1. The van der Waals surface area contributed by atoms with Crippen LogP contribution >= 0.6 is 0 Å². The predicted molar refractivity (Wildman–Crippen MR) is 116 cm³/mol. The van der Waals surface area contributed by atoms with E-state index in [0.29, 0.717) is 42.8 Å². The summed E-state index contributed by atoms with van der Waals surface area (Å²) < 4.78 is 1.54. The maximum atomic E-state index is 12.9. The van der Waals surface area contributed by atoms with E-state index in [-0.39, 0.29) is 35.4 Å². The van der Waals surface area contributed by atoms with Crippen LogP contribution < -0.4 is 16.3 Å². The van der Waals surface area contributed by atoms with E-state index in [9.17, 15) is 19.6 Å². The molecule has 0 saturated carbocycles. The van der Waals surface area contributed by atoms with Gasteiger partial charge in [-0.05, 0) is 36.6 Å². The van der Waals surface area contributed by atoms with Crippen LogP contribution in [0.1, 0.15) is 30.3 Å². The number of hydrogen-bond acceptors (Lipinski definition) is 7. The minimum atomic E-state index is -0.513. The Morgan fingerprint density at radius 1 is 1.19 bits per heavy atom. The van der Waals surface area contributed by atoms with Crippen LogP contribution in [0.5, 0.6) is 0 Å². The minimum Gasteiger partial charge on any atom is -0.733 e. The summed E-state index contributed by atoms with van der Waals surface area (Å²) in [6, 6.07) is 10.1. The summed E-state index contributed by atoms with van der Waals surface area (Å²) in [4.78, 5) is 46.7. The van der Waals surface area contributed by atoms with E-state index in [0.717, 1.165) is 12.1 Å². The van der Waals surface area contributed by atoms with Crippen LogP contribution in [0.2, 0.25) is 0 Å². The van der Waals surface area contributed by atoms with Gasteiger partial charge in [0.25, 0.3) is 11.1 Å². The molecule has 1 fully saturated rings. The van der Waals surface area contributed by atoms with E-state index in [1.165, 1.54) is 6.07 Å². The van der Waals surface area contributed by atoms with Gasteiger partial charge in [0.05, 0.1) is 10.9 Å². The second-order valence-corrected chi connectivity index (χ2v) is 8.46. The fraction of sp³-hybridized carbons (Fsp3) is 0.364. The second-order valence-electron chi connectivity index (χ2n) is 8.46. The number of piperidine rings is 1. The van der Waals surface area contributed by atoms with E-state index in [2.05, 4.69) is 9.97 Å². The number of para-hydroxylation sites is 1. The zero-order valence-electron chi connectivity index (χ0n) is 17.2. The molecule has 1 aromatic carbocycles. The van der Waals surface area contributed by atoms with Crippen molar-refractivity contribution in [1.29, 1.82) is 0 Å². The molecule has 0 aliphatic carbocycles. The number of aromatic nitrogens is 3. The number of anilines is 1. The molecule has 0 spiro atoms. The molecule has 10 heteroatoms. The third-order valence-corrected chi connectivity index (χ3v) is 6.38. The number of pyridine rings is 1. The molecule has 166 valence electrons. The summed E-state index contributed by atoms with van der Waals surface area (Å²) in [5.41, 5.74) is 0.341. The number of nitrogens with zero attached hydrogens (tertiary/aromatic N) is 4. The lowest BCUT2D eigenvalue weighted by atomic mass is 9.83. The molecular weight excluding hydrogens is 414 g/mol. The highest BCUT2D eigenvalue weighted by Gasteiger charge is 2.36. The van der Waals surface area contributed by atoms with Crippen LogP contribution in [0, 0.1) is 11.1 Å². The van der Waals surface area contributed by atoms with Crippen LogP contribution in [-0.2, 0) is 17.8 Å². The summed E-state index contributed by atoms with van der Waals surface area (Å²) in [6.45, 7) is 1.40. The molecule has 32 heavy (non-hydrogen) atoms. The van der Waals surface area contributed by atoms with E-state index >= 15 is 0 Å². The summed E-state index contributed by atoms with van der Waals surface area (Å²) in [5.74, 6) is 0.542. The maximum Gasteiger partial charge on any atom is 0.275 e. The van der Waals surface area contributed by atoms with Crippen LogP contribution in [0.25, 0.3) is 10.9 Å². The van der Waals surface area contributed by atoms with E-state index in [1.54, 1.807) is 28.8 Å². The number of carbonyl (C=O) groups is 1. The van der Waals surface area contributed by atoms with Crippen molar-refractivity contribution in [3.63, 3.8) is 0 Å². The number of aromatic amines is 1. The Morgan fingerprint density at radius 2 is 2.00 bits per heavy atom. The largest absolute Gasteiger partial charge is 0.733 e. The van der Waals surface area contributed by atoms with Crippen LogP contribution in [0.15, 0.2) is 46.0 Å². The molecule has 4 heterocycles. The van der Waals surface area contributed by atoms with Gasteiger partial charge in [0.1, 0.15) is 11.5 Å². The summed E-state index contributed by atoms with van der Waals surface area (Å²) in [5, 5.41) is 20.5. The molecule has 0 radical (unpaired) electrons. The maximum absolute atomic E-state index is 12.9. The quantitative estimate of drug-likeness (QED) is 0.590. The summed E-state index contributed by atoms with van der Waals surface area (Å²) >= 11 is 0. The first-order valence-electron chi connectivity index (χ1n) is 10.6. The van der Waals surface area contributed by atoms with Gasteiger partial charge < -0.3 is 24.9 Å². The number of nitrogens with one attached hydrogen (secondary N) is 1. The number of hydrogen-bond donors (Lipinski definition) is 2. The fourth-order valence-electron chi connectivity index (χ4n) is 4.92. The van der Waals surface area contributed by atoms with Gasteiger partial charge in [-0.3, -0.25) is 19.6 Å². The molecule has 5 rings (SSSR count). The van der Waals surface area contributed by atoms with Crippen molar-refractivity contribution in [2.45, 2.75) is 31.7 Å². The predicted octanol–water partition coefficient (Wildman–Crippen LogP) is 1.36. The highest BCUT2D eigenvalue weighted by molar-refractivity contribution is 5.78. The Bertz CT molecular complexity index is 1310. The zero-order valence-corrected chi connectivity index (χ0v) is 17.2. The smallest absolute Gasteiger partial charge is 0.275 e. The Kier molecular flexibility index (Phi) is 5.03. The average Bonchev–Trinajstić information content (AvgIpc) is 2.78. The summed E-state index contributed by atoms with van der Waals surface area (Å²) in [7, 11) is 0. The van der Waals surface area contributed by atoms with Gasteiger partial charge in [-0.15, -0.1) is 0 Å². The molecule has 2 bridgehead atoms. The van der Waals surface area contributed by atoms with Gasteiger partial charge in [0, 0.05) is 44.1 Å². The van der Waals surface area contributed by atoms with E-state index in [1.807, 2.05) is 11.0 Å². The zero-order chi connectivity index (χ0) is 22.4. The first-order valence-corrected chi connectivity index (χ1v) is 10.6. The lowest BCUT2D eigenvalue weighted by Gasteiger charge is -2.43. The van der Waals surface area contributed by atoms with E-state index < -0.39 is 10.8 Å². The molecule has 1 amide bonds. The standard InChI is InChI=1S/C22H22N5O5/c28-20(8-7-19-23-16-4-2-1-3-15(16)21(29)24-19)25-10-13-9-14(12-25)17-5-6-18(27(31)32)22(30)26(17)11-13/h1-6,13-14,31H,7-12H2,(H,23,24,29)/q-1. The lowest BCUT2D eigenvalue weighted by Crippen LogP contribution is -2.49. The molecule has 1 saturated heterocycles. The Hall–Kier alpha value is -3.50. The number of rotatable bonds is 4. The third-order valence-electron chi connectivity index (χ3n) is 6.38. The number of amides is 1. The number of aryl methyl sites for hydroxylation is 1. The second kappa shape index (κ2) is 7.88. The highest BCUT2D eigenvalue weighted by Crippen LogP contribution is 2.35. The van der Waals surface area contributed by atoms with Gasteiger partial charge >= 0.3 is 0 Å². The van der Waals surface area contributed by atoms with Gasteiger partial charge in [-0.1, -0.05) is 12.1 Å². The highest BCUT2D eigenvalue weighted by atomic mass is 16.8.